The number of fused-ring (bicyclic) bond motifs is 2. The zero-order valence-electron chi connectivity index (χ0n) is 19.2. The predicted molar refractivity (Wildman–Crippen MR) is 138 cm³/mol. The van der Waals surface area contributed by atoms with Gasteiger partial charge in [0.1, 0.15) is 5.54 Å². The molecule has 0 saturated carbocycles. The molecule has 1 atom stereocenters. The van der Waals surface area contributed by atoms with Crippen LogP contribution in [0.15, 0.2) is 60.7 Å². The molecule has 0 bridgehead atoms. The number of ether oxygens (including phenoxy) is 1. The van der Waals surface area contributed by atoms with Gasteiger partial charge in [0, 0.05) is 22.4 Å². The molecule has 0 amide bonds. The highest BCUT2D eigenvalue weighted by atomic mass is 28.1. The molecule has 0 N–H and O–H groups in total. The molecular formula is C28H31NOSi2+. The van der Waals surface area contributed by atoms with E-state index in [2.05, 4.69) is 99.9 Å². The number of rotatable bonds is 9. The molecule has 5 radical (unpaired) electrons. The third kappa shape index (κ3) is 5.18. The van der Waals surface area contributed by atoms with Crippen LogP contribution in [-0.4, -0.2) is 20.5 Å². The van der Waals surface area contributed by atoms with Crippen LogP contribution < -0.4 is 9.64 Å². The maximum atomic E-state index is 6.48. The second-order valence-electron chi connectivity index (χ2n) is 8.77. The molecule has 1 unspecified atom stereocenters. The van der Waals surface area contributed by atoms with Crippen LogP contribution in [0, 0.1) is 0 Å². The average molecular weight is 454 g/mol. The first-order valence-electron chi connectivity index (χ1n) is 11.8. The van der Waals surface area contributed by atoms with Gasteiger partial charge in [0.25, 0.3) is 0 Å². The summed E-state index contributed by atoms with van der Waals surface area (Å²) in [4.78, 5) is 2.34. The number of aryl methyl sites for hydroxylation is 2. The van der Waals surface area contributed by atoms with Gasteiger partial charge < -0.3 is 9.64 Å². The van der Waals surface area contributed by atoms with Crippen molar-refractivity contribution < 1.29 is 4.74 Å². The first-order chi connectivity index (χ1) is 15.6. The minimum Gasteiger partial charge on any atom is -0.453 e. The lowest BCUT2D eigenvalue weighted by Gasteiger charge is -2.33. The highest BCUT2D eigenvalue weighted by Crippen LogP contribution is 2.51. The lowest BCUT2D eigenvalue weighted by atomic mass is 10.0. The average Bonchev–Trinajstić information content (AvgIpc) is 2.79. The summed E-state index contributed by atoms with van der Waals surface area (Å²) in [5, 5.41) is 0. The Morgan fingerprint density at radius 1 is 0.844 bits per heavy atom. The summed E-state index contributed by atoms with van der Waals surface area (Å²) in [6, 6.07) is 23.3. The Kier molecular flexibility index (Phi) is 7.53. The summed E-state index contributed by atoms with van der Waals surface area (Å²) < 4.78 is 6.48. The van der Waals surface area contributed by atoms with E-state index in [0.29, 0.717) is 5.54 Å². The van der Waals surface area contributed by atoms with Gasteiger partial charge in [-0.2, -0.15) is 0 Å². The molecule has 1 heterocycles. The van der Waals surface area contributed by atoms with Gasteiger partial charge in [0.05, 0.1) is 11.4 Å². The maximum absolute atomic E-state index is 6.48. The Bertz CT molecular complexity index is 1050. The topological polar surface area (TPSA) is 12.5 Å². The molecular weight excluding hydrogens is 422 g/mol. The summed E-state index contributed by atoms with van der Waals surface area (Å²) >= 11 is 0. The van der Waals surface area contributed by atoms with Crippen molar-refractivity contribution in [1.29, 1.82) is 0 Å². The quantitative estimate of drug-likeness (QED) is 0.241. The van der Waals surface area contributed by atoms with Crippen LogP contribution in [0.2, 0.25) is 11.6 Å². The highest BCUT2D eigenvalue weighted by Gasteiger charge is 2.27. The van der Waals surface area contributed by atoms with Crippen LogP contribution in [0.5, 0.6) is 11.5 Å². The Morgan fingerprint density at radius 3 is 2.06 bits per heavy atom. The van der Waals surface area contributed by atoms with Crippen LogP contribution in [-0.2, 0) is 19.3 Å². The van der Waals surface area contributed by atoms with Gasteiger partial charge >= 0.3 is 10.2 Å². The summed E-state index contributed by atoms with van der Waals surface area (Å²) in [5.74, 6) is 1.86. The summed E-state index contributed by atoms with van der Waals surface area (Å²) in [6.07, 6.45) is 6.71. The van der Waals surface area contributed by atoms with E-state index in [-0.39, 0.29) is 0 Å². The third-order valence-electron chi connectivity index (χ3n) is 5.95. The molecule has 0 spiro atoms. The summed E-state index contributed by atoms with van der Waals surface area (Å²) in [6.45, 7) is 4.42. The minimum absolute atomic E-state index is 0.423. The van der Waals surface area contributed by atoms with Crippen molar-refractivity contribution in [3.05, 3.63) is 77.4 Å². The first kappa shape index (κ1) is 22.9. The van der Waals surface area contributed by atoms with Crippen molar-refractivity contribution in [1.82, 2.24) is 0 Å². The van der Waals surface area contributed by atoms with E-state index in [1.165, 1.54) is 35.2 Å². The molecule has 3 aromatic carbocycles. The van der Waals surface area contributed by atoms with Crippen molar-refractivity contribution in [2.75, 3.05) is 4.90 Å². The molecule has 1 aliphatic heterocycles. The molecule has 0 aliphatic carbocycles. The Hall–Kier alpha value is -2.31. The fourth-order valence-electron chi connectivity index (χ4n) is 4.30. The maximum Gasteiger partial charge on any atom is 0.708 e. The lowest BCUT2D eigenvalue weighted by Crippen LogP contribution is -2.16. The summed E-state index contributed by atoms with van der Waals surface area (Å²) in [5.41, 5.74) is 7.77. The van der Waals surface area contributed by atoms with Crippen molar-refractivity contribution in [2.45, 2.75) is 64.0 Å². The number of anilines is 3. The smallest absolute Gasteiger partial charge is 0.453 e. The zero-order chi connectivity index (χ0) is 22.5. The molecule has 0 fully saturated rings. The van der Waals surface area contributed by atoms with Crippen molar-refractivity contribution >= 4 is 37.5 Å². The lowest BCUT2D eigenvalue weighted by molar-refractivity contribution is 0.475. The second kappa shape index (κ2) is 10.5. The molecule has 4 heteroatoms. The normalized spacial score (nSPS) is 13.3. The highest BCUT2D eigenvalue weighted by molar-refractivity contribution is 6.11. The van der Waals surface area contributed by atoms with E-state index in [0.717, 1.165) is 54.6 Å². The van der Waals surface area contributed by atoms with Crippen LogP contribution in [0.3, 0.4) is 0 Å². The molecule has 2 nitrogen and oxygen atoms in total. The van der Waals surface area contributed by atoms with E-state index in [4.69, 9.17) is 4.74 Å². The molecule has 32 heavy (non-hydrogen) atoms. The van der Waals surface area contributed by atoms with E-state index in [1.54, 1.807) is 0 Å². The zero-order valence-corrected chi connectivity index (χ0v) is 21.2. The van der Waals surface area contributed by atoms with Gasteiger partial charge in [-0.25, -0.2) is 0 Å². The van der Waals surface area contributed by atoms with Crippen LogP contribution in [0.1, 0.15) is 49.8 Å². The predicted octanol–water partition coefficient (Wildman–Crippen LogP) is 7.64. The number of hydrogen-bond donors (Lipinski definition) is 0. The summed E-state index contributed by atoms with van der Waals surface area (Å²) in [7, 11) is 7.33. The number of nitrogens with zero attached hydrogens (tertiary/aromatic N) is 1. The number of unbranched alkanes of at least 4 members (excludes halogenated alkanes) is 1. The van der Waals surface area contributed by atoms with E-state index in [1.807, 2.05) is 0 Å². The van der Waals surface area contributed by atoms with E-state index < -0.39 is 0 Å². The fourth-order valence-corrected chi connectivity index (χ4v) is 4.71. The van der Waals surface area contributed by atoms with Crippen LogP contribution in [0.4, 0.5) is 17.1 Å². The van der Waals surface area contributed by atoms with Gasteiger partial charge in [0.15, 0.2) is 11.5 Å². The van der Waals surface area contributed by atoms with Gasteiger partial charge in [-0.15, -0.1) is 0 Å². The van der Waals surface area contributed by atoms with Crippen molar-refractivity contribution in [3.63, 3.8) is 0 Å². The molecule has 161 valence electrons. The molecule has 0 aromatic heterocycles. The SMILES string of the molecule is CCCCc1ccc(N2c3ccc(CCC[Si])cc3Oc3cc(CC(C)[Si+])ccc32)cc1. The molecule has 1 aliphatic rings. The minimum atomic E-state index is 0.423. The van der Waals surface area contributed by atoms with Gasteiger partial charge in [0.2, 0.25) is 0 Å². The molecule has 3 aromatic rings. The van der Waals surface area contributed by atoms with Crippen molar-refractivity contribution in [3.8, 4) is 11.5 Å². The first-order valence-corrected chi connectivity index (χ1v) is 13.1. The van der Waals surface area contributed by atoms with Gasteiger partial charge in [-0.3, -0.25) is 0 Å². The fraction of sp³-hybridized carbons (Fsp3) is 0.357. The van der Waals surface area contributed by atoms with E-state index >= 15 is 0 Å². The molecule has 4 rings (SSSR count). The Morgan fingerprint density at radius 2 is 1.44 bits per heavy atom. The number of benzene rings is 3. The number of hydrogen-bond acceptors (Lipinski definition) is 2. The Labute approximate surface area is 199 Å². The standard InChI is InChI=1S/C28H31NOSi2/c1-3-4-6-21-8-12-24(13-9-21)29-25-14-10-22(7-5-16-31)18-27(25)30-28-19-23(17-20(2)32)11-15-26(28)29/h8-15,18-20H,3-7,16-17H2,1-2H3/q+1. The van der Waals surface area contributed by atoms with Crippen molar-refractivity contribution in [2.24, 2.45) is 0 Å². The van der Waals surface area contributed by atoms with Crippen LogP contribution >= 0.6 is 0 Å². The van der Waals surface area contributed by atoms with Gasteiger partial charge in [-0.1, -0.05) is 50.1 Å². The largest absolute Gasteiger partial charge is 0.708 e. The van der Waals surface area contributed by atoms with E-state index in [9.17, 15) is 0 Å². The molecule has 0 saturated heterocycles. The van der Waals surface area contributed by atoms with Crippen LogP contribution in [0.25, 0.3) is 0 Å². The Balaban J connectivity index is 1.74. The third-order valence-corrected chi connectivity index (χ3v) is 6.51. The van der Waals surface area contributed by atoms with Gasteiger partial charge in [-0.05, 0) is 79.3 Å². The second-order valence-corrected chi connectivity index (χ2v) is 10.3. The monoisotopic (exact) mass is 453 g/mol.